The Balaban J connectivity index is 3.69. The summed E-state index contributed by atoms with van der Waals surface area (Å²) >= 11 is 0. The fraction of sp³-hybridized carbons (Fsp3) is 0.875. The highest BCUT2D eigenvalue weighted by atomic mass is 19.3. The lowest BCUT2D eigenvalue weighted by molar-refractivity contribution is -0.169. The van der Waals surface area contributed by atoms with E-state index in [0.29, 0.717) is 6.42 Å². The second kappa shape index (κ2) is 5.83. The summed E-state index contributed by atoms with van der Waals surface area (Å²) in [6.07, 6.45) is 0.187. The van der Waals surface area contributed by atoms with Gasteiger partial charge in [0, 0.05) is 6.42 Å². The molecule has 0 atom stereocenters. The molecule has 0 aliphatic rings. The van der Waals surface area contributed by atoms with E-state index in [-0.39, 0.29) is 12.8 Å². The molecule has 5 heteroatoms. The molecule has 0 radical (unpaired) electrons. The van der Waals surface area contributed by atoms with Crippen molar-refractivity contribution in [3.8, 4) is 0 Å². The van der Waals surface area contributed by atoms with Crippen LogP contribution < -0.4 is 0 Å². The van der Waals surface area contributed by atoms with Crippen LogP contribution in [0.25, 0.3) is 0 Å². The number of esters is 1. The van der Waals surface area contributed by atoms with E-state index in [9.17, 15) is 18.0 Å². The molecule has 0 amide bonds. The van der Waals surface area contributed by atoms with Gasteiger partial charge in [-0.15, -0.1) is 0 Å². The lowest BCUT2D eigenvalue weighted by Crippen LogP contribution is -2.29. The summed E-state index contributed by atoms with van der Waals surface area (Å²) in [5.74, 6) is -4.95. The number of carbonyl (C=O) groups is 1. The largest absolute Gasteiger partial charge is 0.465 e. The zero-order chi connectivity index (χ0) is 10.3. The van der Waals surface area contributed by atoms with Crippen molar-refractivity contribution in [2.75, 3.05) is 13.8 Å². The normalized spacial score (nSPS) is 11.4. The summed E-state index contributed by atoms with van der Waals surface area (Å²) in [4.78, 5) is 10.5. The lowest BCUT2D eigenvalue weighted by atomic mass is 10.1. The molecule has 0 unspecified atom stereocenters. The van der Waals surface area contributed by atoms with Gasteiger partial charge < -0.3 is 4.74 Å². The molecule has 0 aliphatic carbocycles. The van der Waals surface area contributed by atoms with Crippen molar-refractivity contribution in [2.24, 2.45) is 0 Å². The molecule has 0 saturated heterocycles. The number of ether oxygens (including phenoxy) is 1. The van der Waals surface area contributed by atoms with Gasteiger partial charge in [-0.2, -0.15) is 8.78 Å². The molecule has 0 saturated carbocycles. The smallest absolute Gasteiger partial charge is 0.376 e. The van der Waals surface area contributed by atoms with E-state index in [0.717, 1.165) is 7.11 Å². The molecule has 0 rings (SSSR count). The third-order valence-electron chi connectivity index (χ3n) is 1.61. The monoisotopic (exact) mass is 198 g/mol. The lowest BCUT2D eigenvalue weighted by Gasteiger charge is -2.12. The van der Waals surface area contributed by atoms with E-state index in [4.69, 9.17) is 0 Å². The first-order valence-corrected chi connectivity index (χ1v) is 4.07. The van der Waals surface area contributed by atoms with Crippen molar-refractivity contribution in [1.29, 1.82) is 0 Å². The first kappa shape index (κ1) is 12.3. The molecular formula is C8H13F3O2. The molecule has 2 nitrogen and oxygen atoms in total. The minimum Gasteiger partial charge on any atom is -0.465 e. The topological polar surface area (TPSA) is 26.3 Å². The van der Waals surface area contributed by atoms with Crippen LogP contribution >= 0.6 is 0 Å². The minimum atomic E-state index is -3.43. The van der Waals surface area contributed by atoms with Gasteiger partial charge >= 0.3 is 11.9 Å². The summed E-state index contributed by atoms with van der Waals surface area (Å²) in [6, 6.07) is 0. The maximum Gasteiger partial charge on any atom is 0.376 e. The second-order valence-electron chi connectivity index (χ2n) is 2.70. The highest BCUT2D eigenvalue weighted by molar-refractivity contribution is 5.77. The number of halogens is 3. The number of carbonyl (C=O) groups excluding carboxylic acids is 1. The van der Waals surface area contributed by atoms with Gasteiger partial charge in [-0.1, -0.05) is 6.42 Å². The quantitative estimate of drug-likeness (QED) is 0.483. The van der Waals surface area contributed by atoms with Crippen LogP contribution in [0.4, 0.5) is 13.2 Å². The van der Waals surface area contributed by atoms with E-state index in [1.54, 1.807) is 0 Å². The summed E-state index contributed by atoms with van der Waals surface area (Å²) in [5.41, 5.74) is 0. The third-order valence-corrected chi connectivity index (χ3v) is 1.61. The fourth-order valence-electron chi connectivity index (χ4n) is 0.870. The number of methoxy groups -OCH3 is 1. The predicted molar refractivity (Wildman–Crippen MR) is 41.4 cm³/mol. The Kier molecular flexibility index (Phi) is 5.50. The van der Waals surface area contributed by atoms with Crippen molar-refractivity contribution in [3.05, 3.63) is 0 Å². The summed E-state index contributed by atoms with van der Waals surface area (Å²) < 4.78 is 40.8. The van der Waals surface area contributed by atoms with Gasteiger partial charge in [0.25, 0.3) is 0 Å². The molecule has 0 heterocycles. The van der Waals surface area contributed by atoms with Gasteiger partial charge in [-0.3, -0.25) is 4.39 Å². The highest BCUT2D eigenvalue weighted by Gasteiger charge is 2.38. The first-order chi connectivity index (χ1) is 6.04. The Hall–Kier alpha value is -0.740. The highest BCUT2D eigenvalue weighted by Crippen LogP contribution is 2.23. The van der Waals surface area contributed by atoms with Crippen LogP contribution in [0.2, 0.25) is 0 Å². The maximum absolute atomic E-state index is 12.7. The molecule has 0 fully saturated rings. The van der Waals surface area contributed by atoms with Gasteiger partial charge in [0.15, 0.2) is 0 Å². The van der Waals surface area contributed by atoms with E-state index < -0.39 is 25.0 Å². The number of rotatable bonds is 6. The van der Waals surface area contributed by atoms with Crippen LogP contribution in [0, 0.1) is 0 Å². The summed E-state index contributed by atoms with van der Waals surface area (Å²) in [7, 11) is 0.914. The average Bonchev–Trinajstić information content (AvgIpc) is 2.11. The zero-order valence-electron chi connectivity index (χ0n) is 7.49. The Bertz CT molecular complexity index is 159. The Morgan fingerprint density at radius 1 is 1.31 bits per heavy atom. The maximum atomic E-state index is 12.7. The van der Waals surface area contributed by atoms with Crippen molar-refractivity contribution in [2.45, 2.75) is 31.6 Å². The van der Waals surface area contributed by atoms with Crippen LogP contribution in [-0.2, 0) is 9.53 Å². The fourth-order valence-corrected chi connectivity index (χ4v) is 0.870. The number of hydrogen-bond acceptors (Lipinski definition) is 2. The average molecular weight is 198 g/mol. The molecule has 0 aliphatic heterocycles. The van der Waals surface area contributed by atoms with Gasteiger partial charge in [-0.25, -0.2) is 4.79 Å². The molecule has 0 aromatic rings. The summed E-state index contributed by atoms with van der Waals surface area (Å²) in [6.45, 7) is -0.510. The van der Waals surface area contributed by atoms with E-state index in [2.05, 4.69) is 4.74 Å². The van der Waals surface area contributed by atoms with Crippen molar-refractivity contribution < 1.29 is 22.7 Å². The van der Waals surface area contributed by atoms with Gasteiger partial charge in [0.1, 0.15) is 0 Å². The van der Waals surface area contributed by atoms with Crippen molar-refractivity contribution >= 4 is 5.97 Å². The van der Waals surface area contributed by atoms with Crippen LogP contribution in [-0.4, -0.2) is 25.7 Å². The second-order valence-corrected chi connectivity index (χ2v) is 2.70. The molecule has 78 valence electrons. The Labute approximate surface area is 75.1 Å². The zero-order valence-corrected chi connectivity index (χ0v) is 7.49. The van der Waals surface area contributed by atoms with Crippen molar-refractivity contribution in [3.63, 3.8) is 0 Å². The van der Waals surface area contributed by atoms with Crippen LogP contribution in [0.1, 0.15) is 25.7 Å². The molecular weight excluding hydrogens is 185 g/mol. The van der Waals surface area contributed by atoms with E-state index in [1.165, 1.54) is 0 Å². The van der Waals surface area contributed by atoms with Gasteiger partial charge in [0.05, 0.1) is 13.8 Å². The molecule has 0 bridgehead atoms. The Morgan fingerprint density at radius 3 is 2.38 bits per heavy atom. The van der Waals surface area contributed by atoms with E-state index in [1.807, 2.05) is 0 Å². The number of unbranched alkanes of at least 4 members (excludes halogenated alkanes) is 2. The molecule has 0 N–H and O–H groups in total. The Morgan fingerprint density at radius 2 is 1.92 bits per heavy atom. The van der Waals surface area contributed by atoms with Gasteiger partial charge in [0.2, 0.25) is 0 Å². The molecule has 0 spiro atoms. The third kappa shape index (κ3) is 4.75. The van der Waals surface area contributed by atoms with Crippen molar-refractivity contribution in [1.82, 2.24) is 0 Å². The first-order valence-electron chi connectivity index (χ1n) is 4.07. The number of alkyl halides is 3. The molecule has 0 aromatic heterocycles. The van der Waals surface area contributed by atoms with Gasteiger partial charge in [-0.05, 0) is 12.8 Å². The molecule has 0 aromatic carbocycles. The standard InChI is InChI=1S/C8H13F3O2/c1-13-7(12)8(10,11)5-3-2-4-6-9/h2-6H2,1H3. The van der Waals surface area contributed by atoms with Crippen LogP contribution in [0.3, 0.4) is 0 Å². The van der Waals surface area contributed by atoms with Crippen LogP contribution in [0.5, 0.6) is 0 Å². The molecule has 13 heavy (non-hydrogen) atoms. The van der Waals surface area contributed by atoms with E-state index >= 15 is 0 Å². The predicted octanol–water partition coefficient (Wildman–Crippen LogP) is 2.32. The SMILES string of the molecule is COC(=O)C(F)(F)CCCCCF. The van der Waals surface area contributed by atoms with Crippen LogP contribution in [0.15, 0.2) is 0 Å². The minimum absolute atomic E-state index is 0.131. The number of hydrogen-bond donors (Lipinski definition) is 0. The summed E-state index contributed by atoms with van der Waals surface area (Å²) in [5, 5.41) is 0.